The maximum atomic E-state index is 11.1. The maximum Gasteiger partial charge on any atom is 0.356 e. The number of carboxylic acids is 1. The van der Waals surface area contributed by atoms with Gasteiger partial charge < -0.3 is 5.11 Å². The average Bonchev–Trinajstić information content (AvgIpc) is 2.90. The Morgan fingerprint density at radius 3 is 2.59 bits per heavy atom. The zero-order chi connectivity index (χ0) is 15.7. The summed E-state index contributed by atoms with van der Waals surface area (Å²) in [6, 6.07) is 10.1. The summed E-state index contributed by atoms with van der Waals surface area (Å²) in [5, 5.41) is 13.1. The molecule has 0 radical (unpaired) electrons. The van der Waals surface area contributed by atoms with Crippen molar-refractivity contribution >= 4 is 5.97 Å². The van der Waals surface area contributed by atoms with Gasteiger partial charge in [-0.15, -0.1) is 0 Å². The van der Waals surface area contributed by atoms with Crippen LogP contribution in [0.5, 0.6) is 0 Å². The van der Waals surface area contributed by atoms with E-state index in [0.29, 0.717) is 5.92 Å². The Labute approximate surface area is 130 Å². The molecule has 4 nitrogen and oxygen atoms in total. The molecule has 1 aliphatic carbocycles. The number of carboxylic acid groups (broad SMARTS) is 1. The van der Waals surface area contributed by atoms with Gasteiger partial charge in [-0.1, -0.05) is 38.0 Å². The average molecular weight is 298 g/mol. The minimum absolute atomic E-state index is 0.0920. The second kappa shape index (κ2) is 5.95. The summed E-state index contributed by atoms with van der Waals surface area (Å²) in [6.45, 7) is 2.33. The van der Waals surface area contributed by atoms with E-state index in [-0.39, 0.29) is 5.69 Å². The first-order valence-electron chi connectivity index (χ1n) is 7.92. The van der Waals surface area contributed by atoms with E-state index in [4.69, 9.17) is 5.11 Å². The van der Waals surface area contributed by atoms with Crippen molar-refractivity contribution in [2.45, 2.75) is 38.5 Å². The van der Waals surface area contributed by atoms with Crippen LogP contribution in [0.25, 0.3) is 11.3 Å². The molecule has 1 fully saturated rings. The fourth-order valence-electron chi connectivity index (χ4n) is 3.39. The number of hydrogen-bond donors (Lipinski definition) is 1. The third-order valence-electron chi connectivity index (χ3n) is 4.77. The van der Waals surface area contributed by atoms with E-state index >= 15 is 0 Å². The van der Waals surface area contributed by atoms with Crippen LogP contribution in [0, 0.1) is 5.92 Å². The zero-order valence-electron chi connectivity index (χ0n) is 13.1. The molecule has 3 rings (SSSR count). The molecule has 0 aliphatic heterocycles. The number of benzene rings is 1. The number of hydrogen-bond acceptors (Lipinski definition) is 2. The molecule has 0 spiro atoms. The first-order valence-corrected chi connectivity index (χ1v) is 7.92. The lowest BCUT2D eigenvalue weighted by molar-refractivity contribution is 0.0689. The number of aryl methyl sites for hydroxylation is 1. The van der Waals surface area contributed by atoms with Gasteiger partial charge in [-0.25, -0.2) is 4.79 Å². The molecule has 4 heteroatoms. The Morgan fingerprint density at radius 1 is 1.23 bits per heavy atom. The van der Waals surface area contributed by atoms with Crippen LogP contribution >= 0.6 is 0 Å². The lowest BCUT2D eigenvalue weighted by Crippen LogP contribution is -2.10. The molecule has 1 aliphatic rings. The van der Waals surface area contributed by atoms with Crippen molar-refractivity contribution in [1.29, 1.82) is 0 Å². The molecule has 1 heterocycles. The van der Waals surface area contributed by atoms with Crippen LogP contribution in [0.2, 0.25) is 0 Å². The fraction of sp³-hybridized carbons (Fsp3) is 0.444. The van der Waals surface area contributed by atoms with Gasteiger partial charge in [-0.05, 0) is 42.4 Å². The molecule has 22 heavy (non-hydrogen) atoms. The first-order chi connectivity index (χ1) is 10.5. The van der Waals surface area contributed by atoms with Crippen LogP contribution in [-0.2, 0) is 7.05 Å². The number of nitrogens with zero attached hydrogens (tertiary/aromatic N) is 2. The number of aromatic nitrogens is 2. The number of aromatic carboxylic acids is 1. The van der Waals surface area contributed by atoms with Gasteiger partial charge in [0.1, 0.15) is 0 Å². The predicted molar refractivity (Wildman–Crippen MR) is 86.0 cm³/mol. The predicted octanol–water partition coefficient (Wildman–Crippen LogP) is 4.08. The second-order valence-electron chi connectivity index (χ2n) is 6.43. The molecule has 0 unspecified atom stereocenters. The van der Waals surface area contributed by atoms with E-state index in [2.05, 4.69) is 30.2 Å². The smallest absolute Gasteiger partial charge is 0.356 e. The Bertz CT molecular complexity index is 682. The summed E-state index contributed by atoms with van der Waals surface area (Å²) < 4.78 is 1.64. The molecule has 0 atom stereocenters. The summed E-state index contributed by atoms with van der Waals surface area (Å²) in [5.41, 5.74) is 3.35. The third-order valence-corrected chi connectivity index (χ3v) is 4.77. The Kier molecular flexibility index (Phi) is 4.01. The number of carbonyl (C=O) groups is 1. The highest BCUT2D eigenvalue weighted by molar-refractivity contribution is 5.87. The lowest BCUT2D eigenvalue weighted by atomic mass is 9.79. The normalized spacial score (nSPS) is 21.7. The highest BCUT2D eigenvalue weighted by atomic mass is 16.4. The van der Waals surface area contributed by atoms with E-state index in [9.17, 15) is 4.79 Å². The van der Waals surface area contributed by atoms with Crippen LogP contribution in [0.4, 0.5) is 0 Å². The van der Waals surface area contributed by atoms with Crippen molar-refractivity contribution in [3.63, 3.8) is 0 Å². The van der Waals surface area contributed by atoms with Gasteiger partial charge in [0.15, 0.2) is 5.69 Å². The zero-order valence-corrected chi connectivity index (χ0v) is 13.1. The van der Waals surface area contributed by atoms with Crippen LogP contribution in [-0.4, -0.2) is 20.9 Å². The van der Waals surface area contributed by atoms with E-state index in [1.165, 1.54) is 31.2 Å². The summed E-state index contributed by atoms with van der Waals surface area (Å²) in [4.78, 5) is 11.1. The fourth-order valence-corrected chi connectivity index (χ4v) is 3.39. The van der Waals surface area contributed by atoms with E-state index in [0.717, 1.165) is 17.2 Å². The van der Waals surface area contributed by atoms with Crippen LogP contribution in [0.3, 0.4) is 0 Å². The molecule has 1 N–H and O–H groups in total. The highest BCUT2D eigenvalue weighted by Crippen LogP contribution is 2.36. The van der Waals surface area contributed by atoms with Crippen molar-refractivity contribution < 1.29 is 9.90 Å². The van der Waals surface area contributed by atoms with Crippen molar-refractivity contribution in [3.05, 3.63) is 41.6 Å². The van der Waals surface area contributed by atoms with Gasteiger partial charge >= 0.3 is 5.97 Å². The van der Waals surface area contributed by atoms with Crippen molar-refractivity contribution in [1.82, 2.24) is 9.78 Å². The molecule has 0 amide bonds. The molecule has 1 saturated carbocycles. The van der Waals surface area contributed by atoms with Gasteiger partial charge in [0.2, 0.25) is 0 Å². The molecule has 1 aromatic carbocycles. The highest BCUT2D eigenvalue weighted by Gasteiger charge is 2.20. The van der Waals surface area contributed by atoms with Crippen LogP contribution in [0.1, 0.15) is 54.6 Å². The van der Waals surface area contributed by atoms with Crippen LogP contribution in [0.15, 0.2) is 30.3 Å². The molecule has 0 bridgehead atoms. The van der Waals surface area contributed by atoms with Gasteiger partial charge in [-0.2, -0.15) is 5.10 Å². The number of rotatable bonds is 3. The summed E-state index contributed by atoms with van der Waals surface area (Å²) >= 11 is 0. The molecular formula is C18H22N2O2. The maximum absolute atomic E-state index is 11.1. The third kappa shape index (κ3) is 2.91. The summed E-state index contributed by atoms with van der Waals surface area (Å²) in [6.07, 6.45) is 5.08. The molecule has 116 valence electrons. The Hall–Kier alpha value is -2.10. The van der Waals surface area contributed by atoms with E-state index < -0.39 is 5.97 Å². The van der Waals surface area contributed by atoms with Crippen molar-refractivity contribution in [3.8, 4) is 11.3 Å². The topological polar surface area (TPSA) is 55.1 Å². The van der Waals surface area contributed by atoms with Crippen molar-refractivity contribution in [2.24, 2.45) is 13.0 Å². The van der Waals surface area contributed by atoms with E-state index in [1.54, 1.807) is 17.8 Å². The quantitative estimate of drug-likeness (QED) is 0.929. The Balaban J connectivity index is 1.89. The minimum Gasteiger partial charge on any atom is -0.476 e. The monoisotopic (exact) mass is 298 g/mol. The van der Waals surface area contributed by atoms with Gasteiger partial charge in [-0.3, -0.25) is 4.68 Å². The largest absolute Gasteiger partial charge is 0.476 e. The van der Waals surface area contributed by atoms with Gasteiger partial charge in [0.05, 0.1) is 5.69 Å². The van der Waals surface area contributed by atoms with Crippen molar-refractivity contribution in [2.75, 3.05) is 0 Å². The summed E-state index contributed by atoms with van der Waals surface area (Å²) in [5.74, 6) is 0.484. The lowest BCUT2D eigenvalue weighted by Gasteiger charge is -2.26. The minimum atomic E-state index is -0.987. The van der Waals surface area contributed by atoms with Gasteiger partial charge in [0, 0.05) is 12.6 Å². The summed E-state index contributed by atoms with van der Waals surface area (Å²) in [7, 11) is 1.79. The van der Waals surface area contributed by atoms with E-state index in [1.807, 2.05) is 6.07 Å². The standard InChI is InChI=1S/C18H22N2O2/c1-12-6-8-13(9-7-12)14-4-3-5-15(10-14)17-11-16(18(21)22)19-20(17)2/h3-5,10-13H,6-9H2,1-2H3,(H,21,22). The van der Waals surface area contributed by atoms with Gasteiger partial charge in [0.25, 0.3) is 0 Å². The molecule has 0 saturated heterocycles. The Morgan fingerprint density at radius 2 is 1.95 bits per heavy atom. The SMILES string of the molecule is CC1CCC(c2cccc(-c3cc(C(=O)O)nn3C)c2)CC1. The van der Waals surface area contributed by atoms with Crippen LogP contribution < -0.4 is 0 Å². The second-order valence-corrected chi connectivity index (χ2v) is 6.43. The molecule has 2 aromatic rings. The molecule has 1 aromatic heterocycles. The molecular weight excluding hydrogens is 276 g/mol. The first kappa shape index (κ1) is 14.8.